The first-order valence-electron chi connectivity index (χ1n) is 10.7. The van der Waals surface area contributed by atoms with Gasteiger partial charge in [-0.25, -0.2) is 8.42 Å². The minimum absolute atomic E-state index is 0.0390. The maximum atomic E-state index is 13.1. The molecule has 0 fully saturated rings. The lowest BCUT2D eigenvalue weighted by molar-refractivity contribution is 0.0784. The van der Waals surface area contributed by atoms with E-state index in [1.807, 2.05) is 25.1 Å². The van der Waals surface area contributed by atoms with Gasteiger partial charge in [-0.05, 0) is 43.3 Å². The summed E-state index contributed by atoms with van der Waals surface area (Å²) in [6.45, 7) is 3.10. The van der Waals surface area contributed by atoms with Crippen molar-refractivity contribution in [3.8, 4) is 17.2 Å². The summed E-state index contributed by atoms with van der Waals surface area (Å²) >= 11 is 0. The van der Waals surface area contributed by atoms with Gasteiger partial charge in [0.25, 0.3) is 15.9 Å². The molecule has 0 bridgehead atoms. The molecule has 0 unspecified atom stereocenters. The average Bonchev–Trinajstić information content (AvgIpc) is 2.83. The number of hydrogen-bond acceptors (Lipinski definition) is 6. The minimum atomic E-state index is -3.90. The maximum Gasteiger partial charge on any atom is 0.262 e. The van der Waals surface area contributed by atoms with Crippen molar-refractivity contribution < 1.29 is 27.4 Å². The highest BCUT2D eigenvalue weighted by molar-refractivity contribution is 7.92. The normalized spacial score (nSPS) is 12.7. The minimum Gasteiger partial charge on any atom is -0.496 e. The number of benzene rings is 3. The van der Waals surface area contributed by atoms with Gasteiger partial charge < -0.3 is 19.1 Å². The van der Waals surface area contributed by atoms with Gasteiger partial charge in [0.2, 0.25) is 0 Å². The zero-order chi connectivity index (χ0) is 24.3. The summed E-state index contributed by atoms with van der Waals surface area (Å²) in [4.78, 5) is 14.7. The molecule has 8 nitrogen and oxygen atoms in total. The predicted molar refractivity (Wildman–Crippen MR) is 128 cm³/mol. The quantitative estimate of drug-likeness (QED) is 0.550. The average molecular weight is 483 g/mol. The Kier molecular flexibility index (Phi) is 6.65. The van der Waals surface area contributed by atoms with E-state index >= 15 is 0 Å². The van der Waals surface area contributed by atoms with E-state index in [0.29, 0.717) is 42.6 Å². The fourth-order valence-corrected chi connectivity index (χ4v) is 4.76. The second-order valence-corrected chi connectivity index (χ2v) is 9.65. The first kappa shape index (κ1) is 23.4. The molecule has 9 heteroatoms. The van der Waals surface area contributed by atoms with Crippen LogP contribution in [0.15, 0.2) is 65.6 Å². The summed E-state index contributed by atoms with van der Waals surface area (Å²) < 4.78 is 44.7. The van der Waals surface area contributed by atoms with Crippen LogP contribution in [-0.4, -0.2) is 46.6 Å². The van der Waals surface area contributed by atoms with Crippen LogP contribution in [0.4, 0.5) is 5.69 Å². The molecule has 3 aromatic carbocycles. The Balaban J connectivity index is 1.51. The van der Waals surface area contributed by atoms with Gasteiger partial charge in [-0.3, -0.25) is 9.52 Å². The summed E-state index contributed by atoms with van der Waals surface area (Å²) in [6.07, 6.45) is 0. The molecule has 1 aliphatic rings. The fourth-order valence-electron chi connectivity index (χ4n) is 3.70. The molecule has 0 aliphatic carbocycles. The van der Waals surface area contributed by atoms with Crippen LogP contribution in [0.5, 0.6) is 17.2 Å². The molecule has 0 saturated carbocycles. The monoisotopic (exact) mass is 482 g/mol. The SMILES string of the molecule is COc1ccc(C)cc1CN(C)C(=O)c1cccc(NS(=O)(=O)c2ccc3c(c2)OCCO3)c1. The van der Waals surface area contributed by atoms with Crippen molar-refractivity contribution in [1.82, 2.24) is 4.90 Å². The maximum absolute atomic E-state index is 13.1. The molecule has 178 valence electrons. The summed E-state index contributed by atoms with van der Waals surface area (Å²) in [7, 11) is -0.618. The number of carbonyl (C=O) groups is 1. The largest absolute Gasteiger partial charge is 0.496 e. The number of methoxy groups -OCH3 is 1. The van der Waals surface area contributed by atoms with E-state index in [9.17, 15) is 13.2 Å². The molecule has 0 atom stereocenters. The molecule has 0 saturated heterocycles. The van der Waals surface area contributed by atoms with Gasteiger partial charge in [-0.1, -0.05) is 23.8 Å². The van der Waals surface area contributed by atoms with E-state index in [1.165, 1.54) is 18.2 Å². The Bertz CT molecular complexity index is 1320. The van der Waals surface area contributed by atoms with Gasteiger partial charge in [-0.15, -0.1) is 0 Å². The molecule has 0 spiro atoms. The highest BCUT2D eigenvalue weighted by Crippen LogP contribution is 2.33. The Hall–Kier alpha value is -3.72. The summed E-state index contributed by atoms with van der Waals surface area (Å²) in [5, 5.41) is 0. The van der Waals surface area contributed by atoms with Crippen molar-refractivity contribution in [3.05, 3.63) is 77.4 Å². The van der Waals surface area contributed by atoms with Crippen molar-refractivity contribution in [3.63, 3.8) is 0 Å². The molecule has 0 radical (unpaired) electrons. The molecule has 3 aromatic rings. The zero-order valence-corrected chi connectivity index (χ0v) is 20.0. The van der Waals surface area contributed by atoms with Crippen LogP contribution in [-0.2, 0) is 16.6 Å². The van der Waals surface area contributed by atoms with Crippen molar-refractivity contribution in [2.45, 2.75) is 18.4 Å². The molecular weight excluding hydrogens is 456 g/mol. The van der Waals surface area contributed by atoms with Crippen molar-refractivity contribution >= 4 is 21.6 Å². The second-order valence-electron chi connectivity index (χ2n) is 7.97. The second kappa shape index (κ2) is 9.64. The topological polar surface area (TPSA) is 94.2 Å². The summed E-state index contributed by atoms with van der Waals surface area (Å²) in [5.74, 6) is 1.34. The number of nitrogens with one attached hydrogen (secondary N) is 1. The van der Waals surface area contributed by atoms with Crippen LogP contribution >= 0.6 is 0 Å². The predicted octanol–water partition coefficient (Wildman–Crippen LogP) is 3.85. The number of anilines is 1. The number of fused-ring (bicyclic) bond motifs is 1. The van der Waals surface area contributed by atoms with Gasteiger partial charge in [0.05, 0.1) is 12.0 Å². The lowest BCUT2D eigenvalue weighted by Crippen LogP contribution is -2.26. The lowest BCUT2D eigenvalue weighted by atomic mass is 10.1. The first-order chi connectivity index (χ1) is 16.3. The van der Waals surface area contributed by atoms with E-state index in [1.54, 1.807) is 43.3 Å². The van der Waals surface area contributed by atoms with Crippen LogP contribution in [0, 0.1) is 6.92 Å². The fraction of sp³-hybridized carbons (Fsp3) is 0.240. The van der Waals surface area contributed by atoms with Crippen LogP contribution in [0.2, 0.25) is 0 Å². The zero-order valence-electron chi connectivity index (χ0n) is 19.2. The molecule has 1 N–H and O–H groups in total. The van der Waals surface area contributed by atoms with Gasteiger partial charge in [-0.2, -0.15) is 0 Å². The number of carbonyl (C=O) groups excluding carboxylic acids is 1. The molecule has 0 aromatic heterocycles. The number of nitrogens with zero attached hydrogens (tertiary/aromatic N) is 1. The third kappa shape index (κ3) is 5.09. The Morgan fingerprint density at radius 1 is 1.03 bits per heavy atom. The molecule has 34 heavy (non-hydrogen) atoms. The number of amides is 1. The highest BCUT2D eigenvalue weighted by atomic mass is 32.2. The Morgan fingerprint density at radius 2 is 1.79 bits per heavy atom. The van der Waals surface area contributed by atoms with Crippen molar-refractivity contribution in [2.24, 2.45) is 0 Å². The molecule has 1 aliphatic heterocycles. The summed E-state index contributed by atoms with van der Waals surface area (Å²) in [5.41, 5.74) is 2.58. The van der Waals surface area contributed by atoms with Crippen LogP contribution in [0.1, 0.15) is 21.5 Å². The number of hydrogen-bond donors (Lipinski definition) is 1. The smallest absolute Gasteiger partial charge is 0.262 e. The Labute approximate surface area is 199 Å². The first-order valence-corrected chi connectivity index (χ1v) is 12.2. The van der Waals surface area contributed by atoms with Gasteiger partial charge >= 0.3 is 0 Å². The number of rotatable bonds is 7. The standard InChI is InChI=1S/C25H26N2O6S/c1-17-7-9-22(31-3)19(13-17)16-27(2)25(28)18-5-4-6-20(14-18)26-34(29,30)21-8-10-23-24(15-21)33-12-11-32-23/h4-10,13-15,26H,11-12,16H2,1-3H3. The van der Waals surface area contributed by atoms with E-state index in [0.717, 1.165) is 11.1 Å². The van der Waals surface area contributed by atoms with Gasteiger partial charge in [0.15, 0.2) is 11.5 Å². The van der Waals surface area contributed by atoms with Gasteiger partial charge in [0.1, 0.15) is 19.0 Å². The molecule has 4 rings (SSSR count). The van der Waals surface area contributed by atoms with E-state index in [4.69, 9.17) is 14.2 Å². The summed E-state index contributed by atoms with van der Waals surface area (Å²) in [6, 6.07) is 16.6. The van der Waals surface area contributed by atoms with E-state index < -0.39 is 10.0 Å². The van der Waals surface area contributed by atoms with E-state index in [-0.39, 0.29) is 16.5 Å². The van der Waals surface area contributed by atoms with Crippen molar-refractivity contribution in [1.29, 1.82) is 0 Å². The third-order valence-corrected chi connectivity index (χ3v) is 6.75. The molecule has 1 amide bonds. The van der Waals surface area contributed by atoms with Crippen molar-refractivity contribution in [2.75, 3.05) is 32.1 Å². The number of aryl methyl sites for hydroxylation is 1. The van der Waals surface area contributed by atoms with Gasteiger partial charge in [0, 0.05) is 36.5 Å². The van der Waals surface area contributed by atoms with E-state index in [2.05, 4.69) is 4.72 Å². The Morgan fingerprint density at radius 3 is 2.56 bits per heavy atom. The highest BCUT2D eigenvalue weighted by Gasteiger charge is 2.21. The van der Waals surface area contributed by atoms with Crippen LogP contribution < -0.4 is 18.9 Å². The van der Waals surface area contributed by atoms with Crippen LogP contribution in [0.25, 0.3) is 0 Å². The number of ether oxygens (including phenoxy) is 3. The third-order valence-electron chi connectivity index (χ3n) is 5.38. The number of sulfonamides is 1. The van der Waals surface area contributed by atoms with Crippen LogP contribution in [0.3, 0.4) is 0 Å². The molecular formula is C25H26N2O6S. The molecule has 1 heterocycles. The lowest BCUT2D eigenvalue weighted by Gasteiger charge is -2.20.